The zero-order valence-corrected chi connectivity index (χ0v) is 19.5. The van der Waals surface area contributed by atoms with Gasteiger partial charge in [-0.1, -0.05) is 72.8 Å². The molecule has 7 nitrogen and oxygen atoms in total. The predicted octanol–water partition coefficient (Wildman–Crippen LogP) is 4.27. The molecule has 0 saturated heterocycles. The molecule has 0 aliphatic rings. The van der Waals surface area contributed by atoms with Crippen molar-refractivity contribution in [1.29, 1.82) is 0 Å². The number of para-hydroxylation sites is 1. The minimum Gasteiger partial charge on any atom is -0.493 e. The molecule has 0 aliphatic heterocycles. The molecular weight excluding hydrogens is 446 g/mol. The number of carboxylic acids is 2. The van der Waals surface area contributed by atoms with Crippen molar-refractivity contribution >= 4 is 17.8 Å². The highest BCUT2D eigenvalue weighted by atomic mass is 16.5. The maximum Gasteiger partial charge on any atom is 0.325 e. The lowest BCUT2D eigenvalue weighted by Crippen LogP contribution is -2.43. The summed E-state index contributed by atoms with van der Waals surface area (Å²) in [7, 11) is 0. The fourth-order valence-electron chi connectivity index (χ4n) is 3.72. The van der Waals surface area contributed by atoms with Crippen molar-refractivity contribution in [3.63, 3.8) is 0 Å². The molecule has 182 valence electrons. The zero-order valence-electron chi connectivity index (χ0n) is 19.5. The highest BCUT2D eigenvalue weighted by Gasteiger charge is 2.29. The topological polar surface area (TPSA) is 113 Å². The van der Waals surface area contributed by atoms with E-state index in [1.807, 2.05) is 60.7 Å². The number of hydrogen-bond donors (Lipinski definition) is 3. The summed E-state index contributed by atoms with van der Waals surface area (Å²) >= 11 is 0. The Morgan fingerprint density at radius 3 is 1.91 bits per heavy atom. The van der Waals surface area contributed by atoms with E-state index in [-0.39, 0.29) is 19.4 Å². The van der Waals surface area contributed by atoms with Crippen LogP contribution >= 0.6 is 0 Å². The van der Waals surface area contributed by atoms with E-state index in [9.17, 15) is 24.6 Å². The highest BCUT2D eigenvalue weighted by molar-refractivity contribution is 5.85. The second-order valence-electron chi connectivity index (χ2n) is 8.43. The molecule has 0 spiro atoms. The van der Waals surface area contributed by atoms with Crippen molar-refractivity contribution < 1.29 is 29.3 Å². The molecule has 0 aromatic heterocycles. The molecule has 0 heterocycles. The number of carbonyl (C=O) groups is 3. The molecular formula is C28H29NO6. The van der Waals surface area contributed by atoms with E-state index < -0.39 is 35.7 Å². The second-order valence-corrected chi connectivity index (χ2v) is 8.43. The van der Waals surface area contributed by atoms with E-state index in [0.717, 1.165) is 16.7 Å². The SMILES string of the molecule is C[C@@H](NC(=O)[C@H](Cc1ccc(-c2ccccc2)cc1)CC(COc1ccccc1)C(=O)O)C(=O)O. The molecule has 0 saturated carbocycles. The molecule has 35 heavy (non-hydrogen) atoms. The Morgan fingerprint density at radius 1 is 0.771 bits per heavy atom. The van der Waals surface area contributed by atoms with Crippen molar-refractivity contribution in [2.75, 3.05) is 6.61 Å². The lowest BCUT2D eigenvalue weighted by molar-refractivity contribution is -0.145. The van der Waals surface area contributed by atoms with E-state index in [2.05, 4.69) is 5.32 Å². The van der Waals surface area contributed by atoms with E-state index in [1.165, 1.54) is 6.92 Å². The van der Waals surface area contributed by atoms with Crippen LogP contribution in [0.1, 0.15) is 18.9 Å². The number of hydrogen-bond acceptors (Lipinski definition) is 4. The van der Waals surface area contributed by atoms with Crippen molar-refractivity contribution in [2.24, 2.45) is 11.8 Å². The Morgan fingerprint density at radius 2 is 1.34 bits per heavy atom. The molecule has 7 heteroatoms. The molecule has 3 aromatic rings. The predicted molar refractivity (Wildman–Crippen MR) is 132 cm³/mol. The van der Waals surface area contributed by atoms with Crippen LogP contribution in [-0.2, 0) is 20.8 Å². The fourth-order valence-corrected chi connectivity index (χ4v) is 3.72. The average molecular weight is 476 g/mol. The second kappa shape index (κ2) is 12.4. The van der Waals surface area contributed by atoms with E-state index in [1.54, 1.807) is 24.3 Å². The molecule has 3 N–H and O–H groups in total. The average Bonchev–Trinajstić information content (AvgIpc) is 2.87. The number of ether oxygens (including phenoxy) is 1. The maximum absolute atomic E-state index is 13.0. The van der Waals surface area contributed by atoms with E-state index >= 15 is 0 Å². The van der Waals surface area contributed by atoms with Gasteiger partial charge in [-0.15, -0.1) is 0 Å². The Hall–Kier alpha value is -4.13. The Balaban J connectivity index is 1.76. The largest absolute Gasteiger partial charge is 0.493 e. The molecule has 3 atom stereocenters. The summed E-state index contributed by atoms with van der Waals surface area (Å²) in [6.45, 7) is 1.27. The van der Waals surface area contributed by atoms with Gasteiger partial charge < -0.3 is 20.3 Å². The van der Waals surface area contributed by atoms with Gasteiger partial charge in [0.05, 0.1) is 5.92 Å². The molecule has 0 radical (unpaired) electrons. The maximum atomic E-state index is 13.0. The lowest BCUT2D eigenvalue weighted by Gasteiger charge is -2.22. The van der Waals surface area contributed by atoms with Crippen molar-refractivity contribution in [1.82, 2.24) is 5.32 Å². The highest BCUT2D eigenvalue weighted by Crippen LogP contribution is 2.24. The standard InChI is InChI=1S/C28H29NO6/c1-19(27(31)32)29-26(30)23(17-24(28(33)34)18-35-25-10-6-3-7-11-25)16-20-12-14-22(15-13-20)21-8-4-2-5-9-21/h2-15,19,23-24H,16-18H2,1H3,(H,29,30)(H,31,32)(H,33,34)/t19-,23-,24?/m1/s1. The van der Waals surface area contributed by atoms with Crippen LogP contribution in [0.3, 0.4) is 0 Å². The number of rotatable bonds is 12. The minimum absolute atomic E-state index is 0.000770. The third-order valence-electron chi connectivity index (χ3n) is 5.76. The first kappa shape index (κ1) is 25.5. The minimum atomic E-state index is -1.16. The van der Waals surface area contributed by atoms with Gasteiger partial charge in [0.2, 0.25) is 5.91 Å². The van der Waals surface area contributed by atoms with Crippen LogP contribution in [0.25, 0.3) is 11.1 Å². The van der Waals surface area contributed by atoms with Crippen LogP contribution < -0.4 is 10.1 Å². The van der Waals surface area contributed by atoms with Crippen molar-refractivity contribution in [2.45, 2.75) is 25.8 Å². The summed E-state index contributed by atoms with van der Waals surface area (Å²) in [4.78, 5) is 36.2. The van der Waals surface area contributed by atoms with Gasteiger partial charge >= 0.3 is 11.9 Å². The molecule has 1 unspecified atom stereocenters. The fraction of sp³-hybridized carbons (Fsp3) is 0.250. The number of nitrogens with one attached hydrogen (secondary N) is 1. The Kier molecular flexibility index (Phi) is 9.01. The number of benzene rings is 3. The van der Waals surface area contributed by atoms with Crippen LogP contribution in [0.2, 0.25) is 0 Å². The summed E-state index contributed by atoms with van der Waals surface area (Å²) in [5.41, 5.74) is 2.93. The van der Waals surface area contributed by atoms with Gasteiger partial charge in [0.1, 0.15) is 18.4 Å². The summed E-state index contributed by atoms with van der Waals surface area (Å²) in [6.07, 6.45) is 0.267. The molecule has 3 aromatic carbocycles. The van der Waals surface area contributed by atoms with Gasteiger partial charge in [-0.3, -0.25) is 14.4 Å². The first-order valence-electron chi connectivity index (χ1n) is 11.4. The third-order valence-corrected chi connectivity index (χ3v) is 5.76. The smallest absolute Gasteiger partial charge is 0.325 e. The first-order valence-corrected chi connectivity index (χ1v) is 11.4. The monoisotopic (exact) mass is 475 g/mol. The Labute approximate surface area is 204 Å². The quantitative estimate of drug-likeness (QED) is 0.361. The summed E-state index contributed by atoms with van der Waals surface area (Å²) in [6, 6.07) is 25.3. The van der Waals surface area contributed by atoms with Crippen LogP contribution in [0, 0.1) is 11.8 Å². The number of carbonyl (C=O) groups excluding carboxylic acids is 1. The van der Waals surface area contributed by atoms with Gasteiger partial charge in [0.25, 0.3) is 0 Å². The summed E-state index contributed by atoms with van der Waals surface area (Å²) in [5.74, 6) is -3.90. The normalized spacial score (nSPS) is 13.3. The Bertz CT molecular complexity index is 1120. The summed E-state index contributed by atoms with van der Waals surface area (Å²) < 4.78 is 5.64. The van der Waals surface area contributed by atoms with Gasteiger partial charge in [-0.05, 0) is 48.6 Å². The first-order chi connectivity index (χ1) is 16.8. The van der Waals surface area contributed by atoms with Crippen molar-refractivity contribution in [3.8, 4) is 16.9 Å². The van der Waals surface area contributed by atoms with Crippen LogP contribution in [0.4, 0.5) is 0 Å². The third kappa shape index (κ3) is 7.71. The van der Waals surface area contributed by atoms with Crippen LogP contribution in [-0.4, -0.2) is 40.7 Å². The van der Waals surface area contributed by atoms with Crippen LogP contribution in [0.15, 0.2) is 84.9 Å². The van der Waals surface area contributed by atoms with Crippen molar-refractivity contribution in [3.05, 3.63) is 90.5 Å². The van der Waals surface area contributed by atoms with Gasteiger partial charge in [0, 0.05) is 5.92 Å². The molecule has 0 fully saturated rings. The number of carboxylic acid groups (broad SMARTS) is 2. The van der Waals surface area contributed by atoms with Crippen LogP contribution in [0.5, 0.6) is 5.75 Å². The lowest BCUT2D eigenvalue weighted by atomic mass is 9.88. The van der Waals surface area contributed by atoms with Gasteiger partial charge in [0.15, 0.2) is 0 Å². The zero-order chi connectivity index (χ0) is 25.2. The number of aliphatic carboxylic acids is 2. The molecule has 1 amide bonds. The van der Waals surface area contributed by atoms with Gasteiger partial charge in [-0.25, -0.2) is 0 Å². The summed E-state index contributed by atoms with van der Waals surface area (Å²) in [5, 5.41) is 21.5. The molecule has 0 aliphatic carbocycles. The molecule has 0 bridgehead atoms. The molecule has 3 rings (SSSR count). The van der Waals surface area contributed by atoms with E-state index in [0.29, 0.717) is 5.75 Å². The van der Waals surface area contributed by atoms with E-state index in [4.69, 9.17) is 4.74 Å². The number of amides is 1. The van der Waals surface area contributed by atoms with Gasteiger partial charge in [-0.2, -0.15) is 0 Å².